The Labute approximate surface area is 133 Å². The molecule has 2 aromatic carbocycles. The second-order valence-electron chi connectivity index (χ2n) is 5.25. The molecule has 0 spiro atoms. The first kappa shape index (κ1) is 14.7. The van der Waals surface area contributed by atoms with Crippen molar-refractivity contribution in [1.82, 2.24) is 0 Å². The number of aryl methyl sites for hydroxylation is 1. The summed E-state index contributed by atoms with van der Waals surface area (Å²) in [6, 6.07) is 14.8. The second kappa shape index (κ2) is 5.85. The molecule has 0 radical (unpaired) electrons. The predicted octanol–water partition coefficient (Wildman–Crippen LogP) is 3.00. The van der Waals surface area contributed by atoms with Crippen molar-refractivity contribution in [2.24, 2.45) is 0 Å². The number of para-hydroxylation sites is 1. The molecule has 5 heteroatoms. The van der Waals surface area contributed by atoms with Crippen molar-refractivity contribution in [1.29, 1.82) is 0 Å². The second-order valence-corrected chi connectivity index (χ2v) is 6.50. The maximum Gasteiger partial charge on any atom is 0.247 e. The van der Waals surface area contributed by atoms with Gasteiger partial charge in [-0.25, -0.2) is 4.90 Å². The van der Waals surface area contributed by atoms with E-state index in [-0.39, 0.29) is 18.2 Å². The minimum Gasteiger partial charge on any atom is -0.398 e. The number of thioether (sulfide) groups is 1. The van der Waals surface area contributed by atoms with Crippen LogP contribution in [0, 0.1) is 6.92 Å². The quantitative estimate of drug-likeness (QED) is 0.699. The number of nitrogen functional groups attached to an aromatic ring is 1. The highest BCUT2D eigenvalue weighted by atomic mass is 32.2. The molecule has 1 atom stereocenters. The number of carbonyl (C=O) groups is 2. The number of hydrogen-bond acceptors (Lipinski definition) is 4. The van der Waals surface area contributed by atoms with Crippen molar-refractivity contribution < 1.29 is 9.59 Å². The molecule has 1 heterocycles. The molecule has 0 unspecified atom stereocenters. The monoisotopic (exact) mass is 312 g/mol. The summed E-state index contributed by atoms with van der Waals surface area (Å²) in [4.78, 5) is 26.9. The number of carbonyl (C=O) groups excluding carboxylic acids is 2. The summed E-state index contributed by atoms with van der Waals surface area (Å²) < 4.78 is 0. The Kier molecular flexibility index (Phi) is 3.90. The van der Waals surface area contributed by atoms with Crippen molar-refractivity contribution in [3.8, 4) is 0 Å². The van der Waals surface area contributed by atoms with Gasteiger partial charge < -0.3 is 5.73 Å². The summed E-state index contributed by atoms with van der Waals surface area (Å²) in [7, 11) is 0. The Balaban J connectivity index is 1.82. The number of rotatable bonds is 3. The third-order valence-corrected chi connectivity index (χ3v) is 4.86. The molecule has 0 bridgehead atoms. The molecular formula is C17H16N2O2S. The molecule has 3 rings (SSSR count). The number of amides is 2. The SMILES string of the molecule is Cc1ccc(N2C(=O)C[C@@H](Sc3ccccc3N)C2=O)cc1. The van der Waals surface area contributed by atoms with E-state index in [0.29, 0.717) is 11.4 Å². The summed E-state index contributed by atoms with van der Waals surface area (Å²) in [6.45, 7) is 1.97. The van der Waals surface area contributed by atoms with Crippen molar-refractivity contribution in [3.05, 3.63) is 54.1 Å². The molecule has 0 aromatic heterocycles. The van der Waals surface area contributed by atoms with Gasteiger partial charge in [-0.2, -0.15) is 0 Å². The Bertz CT molecular complexity index is 728. The van der Waals surface area contributed by atoms with E-state index in [9.17, 15) is 9.59 Å². The lowest BCUT2D eigenvalue weighted by atomic mass is 10.2. The maximum atomic E-state index is 12.6. The van der Waals surface area contributed by atoms with Gasteiger partial charge >= 0.3 is 0 Å². The Morgan fingerprint density at radius 2 is 1.77 bits per heavy atom. The predicted molar refractivity (Wildman–Crippen MR) is 88.8 cm³/mol. The fourth-order valence-electron chi connectivity index (χ4n) is 2.40. The van der Waals surface area contributed by atoms with Crippen molar-refractivity contribution >= 4 is 35.0 Å². The van der Waals surface area contributed by atoms with Crippen molar-refractivity contribution in [2.45, 2.75) is 23.5 Å². The number of hydrogen-bond donors (Lipinski definition) is 1. The Hall–Kier alpha value is -2.27. The van der Waals surface area contributed by atoms with Crippen molar-refractivity contribution in [2.75, 3.05) is 10.6 Å². The summed E-state index contributed by atoms with van der Waals surface area (Å²) >= 11 is 1.35. The van der Waals surface area contributed by atoms with Crippen LogP contribution in [0.4, 0.5) is 11.4 Å². The average molecular weight is 312 g/mol. The smallest absolute Gasteiger partial charge is 0.247 e. The number of imide groups is 1. The van der Waals surface area contributed by atoms with Gasteiger partial charge in [-0.1, -0.05) is 29.8 Å². The van der Waals surface area contributed by atoms with E-state index < -0.39 is 5.25 Å². The molecule has 112 valence electrons. The normalized spacial score (nSPS) is 18.0. The van der Waals surface area contributed by atoms with Gasteiger partial charge in [0.25, 0.3) is 0 Å². The highest BCUT2D eigenvalue weighted by molar-refractivity contribution is 8.00. The first-order valence-electron chi connectivity index (χ1n) is 7.01. The summed E-state index contributed by atoms with van der Waals surface area (Å²) in [5.74, 6) is -0.344. The first-order valence-corrected chi connectivity index (χ1v) is 7.89. The molecule has 0 aliphatic carbocycles. The van der Waals surface area contributed by atoms with Crippen LogP contribution in [-0.4, -0.2) is 17.1 Å². The standard InChI is InChI=1S/C17H16N2O2S/c1-11-6-8-12(9-7-11)19-16(20)10-15(17(19)21)22-14-5-3-2-4-13(14)18/h2-9,15H,10,18H2,1H3/t15-/m1/s1. The number of nitrogens with zero attached hydrogens (tertiary/aromatic N) is 1. The lowest BCUT2D eigenvalue weighted by molar-refractivity contribution is -0.121. The number of anilines is 2. The molecule has 22 heavy (non-hydrogen) atoms. The molecule has 4 nitrogen and oxygen atoms in total. The van der Waals surface area contributed by atoms with E-state index in [2.05, 4.69) is 0 Å². The van der Waals surface area contributed by atoms with Gasteiger partial charge in [0.15, 0.2) is 0 Å². The van der Waals surface area contributed by atoms with Crippen LogP contribution in [0.25, 0.3) is 0 Å². The van der Waals surface area contributed by atoms with Crippen LogP contribution in [0.1, 0.15) is 12.0 Å². The van der Waals surface area contributed by atoms with E-state index in [1.165, 1.54) is 16.7 Å². The fourth-order valence-corrected chi connectivity index (χ4v) is 3.50. The zero-order chi connectivity index (χ0) is 15.7. The molecule has 1 aliphatic rings. The molecular weight excluding hydrogens is 296 g/mol. The van der Waals surface area contributed by atoms with Crippen LogP contribution < -0.4 is 10.6 Å². The van der Waals surface area contributed by atoms with Gasteiger partial charge in [-0.05, 0) is 31.2 Å². The first-order chi connectivity index (χ1) is 10.6. The van der Waals surface area contributed by atoms with Crippen LogP contribution >= 0.6 is 11.8 Å². The van der Waals surface area contributed by atoms with Crippen LogP contribution in [0.2, 0.25) is 0 Å². The van der Waals surface area contributed by atoms with Crippen LogP contribution in [0.3, 0.4) is 0 Å². The van der Waals surface area contributed by atoms with E-state index in [4.69, 9.17) is 5.73 Å². The van der Waals surface area contributed by atoms with Gasteiger partial charge in [0.2, 0.25) is 11.8 Å². The van der Waals surface area contributed by atoms with Crippen LogP contribution in [0.5, 0.6) is 0 Å². The summed E-state index contributed by atoms with van der Waals surface area (Å²) in [5.41, 5.74) is 8.26. The topological polar surface area (TPSA) is 63.4 Å². The zero-order valence-corrected chi connectivity index (χ0v) is 13.0. The molecule has 0 saturated carbocycles. The molecule has 2 N–H and O–H groups in total. The molecule has 1 aliphatic heterocycles. The summed E-state index contributed by atoms with van der Waals surface area (Å²) in [6.07, 6.45) is 0.200. The summed E-state index contributed by atoms with van der Waals surface area (Å²) in [5, 5.41) is -0.418. The molecule has 1 fully saturated rings. The van der Waals surface area contributed by atoms with Gasteiger partial charge in [0.1, 0.15) is 0 Å². The van der Waals surface area contributed by atoms with Gasteiger partial charge in [0.05, 0.1) is 10.9 Å². The third-order valence-electron chi connectivity index (χ3n) is 3.59. The highest BCUT2D eigenvalue weighted by Gasteiger charge is 2.40. The van der Waals surface area contributed by atoms with E-state index in [1.54, 1.807) is 18.2 Å². The molecule has 2 aromatic rings. The number of nitrogens with two attached hydrogens (primary N) is 1. The minimum absolute atomic E-state index is 0.166. The van der Waals surface area contributed by atoms with Crippen molar-refractivity contribution in [3.63, 3.8) is 0 Å². The maximum absolute atomic E-state index is 12.6. The van der Waals surface area contributed by atoms with Crippen LogP contribution in [0.15, 0.2) is 53.4 Å². The third kappa shape index (κ3) is 2.72. The lowest BCUT2D eigenvalue weighted by Gasteiger charge is -2.15. The number of benzene rings is 2. The van der Waals surface area contributed by atoms with E-state index >= 15 is 0 Å². The van der Waals surface area contributed by atoms with Gasteiger partial charge in [-0.3, -0.25) is 9.59 Å². The molecule has 1 saturated heterocycles. The highest BCUT2D eigenvalue weighted by Crippen LogP contribution is 2.36. The fraction of sp³-hybridized carbons (Fsp3) is 0.176. The molecule has 2 amide bonds. The largest absolute Gasteiger partial charge is 0.398 e. The van der Waals surface area contributed by atoms with E-state index in [1.807, 2.05) is 37.3 Å². The minimum atomic E-state index is -0.418. The lowest BCUT2D eigenvalue weighted by Crippen LogP contribution is -2.31. The average Bonchev–Trinajstić information content (AvgIpc) is 2.77. The van der Waals surface area contributed by atoms with Gasteiger partial charge in [0, 0.05) is 17.0 Å². The van der Waals surface area contributed by atoms with Crippen LogP contribution in [-0.2, 0) is 9.59 Å². The van der Waals surface area contributed by atoms with E-state index in [0.717, 1.165) is 10.5 Å². The zero-order valence-electron chi connectivity index (χ0n) is 12.2. The van der Waals surface area contributed by atoms with Gasteiger partial charge in [-0.15, -0.1) is 11.8 Å². The Morgan fingerprint density at radius 3 is 2.45 bits per heavy atom. The Morgan fingerprint density at radius 1 is 1.09 bits per heavy atom.